The van der Waals surface area contributed by atoms with E-state index >= 15 is 0 Å². The monoisotopic (exact) mass is 272 g/mol. The molecule has 1 fully saturated rings. The minimum Gasteiger partial charge on any atom is -0.359 e. The Morgan fingerprint density at radius 1 is 1.42 bits per heavy atom. The molecule has 1 rings (SSSR count). The van der Waals surface area contributed by atoms with Gasteiger partial charge in [-0.1, -0.05) is 0 Å². The summed E-state index contributed by atoms with van der Waals surface area (Å²) in [5.74, 6) is 1.41. The summed E-state index contributed by atoms with van der Waals surface area (Å²) < 4.78 is 12.1. The van der Waals surface area contributed by atoms with E-state index in [1.54, 1.807) is 14.1 Å². The van der Waals surface area contributed by atoms with Crippen molar-refractivity contribution >= 4 is 11.9 Å². The van der Waals surface area contributed by atoms with Gasteiger partial charge in [0.25, 0.3) is 0 Å². The maximum Gasteiger partial charge on any atom is 0.220 e. The molecule has 5 nitrogen and oxygen atoms in total. The van der Waals surface area contributed by atoms with Crippen molar-refractivity contribution in [2.24, 2.45) is 10.9 Å². The number of halogens is 1. The minimum absolute atomic E-state index is 0.115. The summed E-state index contributed by atoms with van der Waals surface area (Å²) >= 11 is 0. The molecule has 1 amide bonds. The van der Waals surface area contributed by atoms with Gasteiger partial charge in [0, 0.05) is 40.2 Å². The van der Waals surface area contributed by atoms with Gasteiger partial charge in [-0.25, -0.2) is 0 Å². The summed E-state index contributed by atoms with van der Waals surface area (Å²) in [5.41, 5.74) is 0. The Labute approximate surface area is 114 Å². The fraction of sp³-hybridized carbons (Fsp3) is 0.846. The number of carbonyl (C=O) groups excluding carboxylic acids is 1. The van der Waals surface area contributed by atoms with E-state index in [2.05, 4.69) is 20.5 Å². The van der Waals surface area contributed by atoms with E-state index in [1.165, 1.54) is 0 Å². The Morgan fingerprint density at radius 2 is 2.11 bits per heavy atom. The highest BCUT2D eigenvalue weighted by Crippen LogP contribution is 2.20. The van der Waals surface area contributed by atoms with Gasteiger partial charge >= 0.3 is 0 Å². The average molecular weight is 272 g/mol. The van der Waals surface area contributed by atoms with Crippen molar-refractivity contribution in [3.63, 3.8) is 0 Å². The van der Waals surface area contributed by atoms with Crippen LogP contribution in [0, 0.1) is 5.92 Å². The average Bonchev–Trinajstić information content (AvgIpc) is 2.45. The second kappa shape index (κ2) is 8.72. The van der Waals surface area contributed by atoms with Crippen LogP contribution in [0.25, 0.3) is 0 Å². The minimum atomic E-state index is -0.307. The van der Waals surface area contributed by atoms with E-state index in [9.17, 15) is 9.18 Å². The normalized spacial score (nSPS) is 17.4. The maximum atomic E-state index is 12.1. The molecule has 19 heavy (non-hydrogen) atoms. The van der Waals surface area contributed by atoms with Crippen molar-refractivity contribution in [2.45, 2.75) is 25.7 Å². The van der Waals surface area contributed by atoms with Crippen molar-refractivity contribution in [1.82, 2.24) is 15.5 Å². The standard InChI is InChI=1S/C13H25FN4O/c1-15-12(19)10-11-4-8-18(9-5-11)13(16-2)17-7-3-6-14/h11H,3-10H2,1-2H3,(H,15,19)(H,16,17). The molecule has 0 aromatic rings. The number of aliphatic imine (C=N–C) groups is 1. The van der Waals surface area contributed by atoms with E-state index in [-0.39, 0.29) is 12.6 Å². The van der Waals surface area contributed by atoms with Gasteiger partial charge < -0.3 is 15.5 Å². The number of piperidine rings is 1. The number of nitrogens with one attached hydrogen (secondary N) is 2. The zero-order chi connectivity index (χ0) is 14.1. The number of hydrogen-bond acceptors (Lipinski definition) is 2. The van der Waals surface area contributed by atoms with Crippen LogP contribution < -0.4 is 10.6 Å². The van der Waals surface area contributed by atoms with Crippen molar-refractivity contribution in [3.05, 3.63) is 0 Å². The third kappa shape index (κ3) is 5.44. The number of likely N-dealkylation sites (tertiary alicyclic amines) is 1. The highest BCUT2D eigenvalue weighted by Gasteiger charge is 2.22. The maximum absolute atomic E-state index is 12.1. The van der Waals surface area contributed by atoms with Gasteiger partial charge in [-0.3, -0.25) is 14.2 Å². The van der Waals surface area contributed by atoms with Crippen LogP contribution in [0.1, 0.15) is 25.7 Å². The molecule has 1 heterocycles. The van der Waals surface area contributed by atoms with Crippen molar-refractivity contribution in [1.29, 1.82) is 0 Å². The summed E-state index contributed by atoms with van der Waals surface area (Å²) in [6.45, 7) is 2.10. The van der Waals surface area contributed by atoms with Crippen molar-refractivity contribution in [2.75, 3.05) is 40.4 Å². The van der Waals surface area contributed by atoms with Crippen LogP contribution in [-0.4, -0.2) is 57.2 Å². The van der Waals surface area contributed by atoms with E-state index in [0.29, 0.717) is 25.3 Å². The first-order valence-electron chi connectivity index (χ1n) is 6.93. The van der Waals surface area contributed by atoms with Crippen LogP contribution in [0.5, 0.6) is 0 Å². The molecule has 0 bridgehead atoms. The molecule has 6 heteroatoms. The molecule has 0 saturated carbocycles. The van der Waals surface area contributed by atoms with Crippen LogP contribution in [0.2, 0.25) is 0 Å². The molecular weight excluding hydrogens is 247 g/mol. The summed E-state index contributed by atoms with van der Waals surface area (Å²) in [5, 5.41) is 5.83. The molecular formula is C13H25FN4O. The fourth-order valence-electron chi connectivity index (χ4n) is 2.31. The Bertz CT molecular complexity index is 301. The lowest BCUT2D eigenvalue weighted by Gasteiger charge is -2.34. The molecule has 0 aromatic heterocycles. The van der Waals surface area contributed by atoms with Gasteiger partial charge in [0.15, 0.2) is 5.96 Å². The number of guanidine groups is 1. The Kier molecular flexibility index (Phi) is 7.22. The van der Waals surface area contributed by atoms with Gasteiger partial charge in [-0.2, -0.15) is 0 Å². The molecule has 2 N–H and O–H groups in total. The second-order valence-corrected chi connectivity index (χ2v) is 4.82. The first-order valence-corrected chi connectivity index (χ1v) is 6.93. The largest absolute Gasteiger partial charge is 0.359 e. The quantitative estimate of drug-likeness (QED) is 0.441. The van der Waals surface area contributed by atoms with E-state index in [4.69, 9.17) is 0 Å². The smallest absolute Gasteiger partial charge is 0.220 e. The number of alkyl halides is 1. The SMILES string of the molecule is CN=C(NCCCF)N1CCC(CC(=O)NC)CC1. The number of rotatable bonds is 5. The van der Waals surface area contributed by atoms with Crippen LogP contribution in [0.4, 0.5) is 4.39 Å². The highest BCUT2D eigenvalue weighted by molar-refractivity contribution is 5.80. The van der Waals surface area contributed by atoms with Crippen molar-refractivity contribution < 1.29 is 9.18 Å². The van der Waals surface area contributed by atoms with E-state index < -0.39 is 0 Å². The van der Waals surface area contributed by atoms with Crippen LogP contribution in [0.3, 0.4) is 0 Å². The van der Waals surface area contributed by atoms with E-state index in [0.717, 1.165) is 31.9 Å². The molecule has 0 radical (unpaired) electrons. The van der Waals surface area contributed by atoms with Crippen LogP contribution >= 0.6 is 0 Å². The lowest BCUT2D eigenvalue weighted by Crippen LogP contribution is -2.46. The van der Waals surface area contributed by atoms with Crippen molar-refractivity contribution in [3.8, 4) is 0 Å². The lowest BCUT2D eigenvalue weighted by atomic mass is 9.93. The van der Waals surface area contributed by atoms with Gasteiger partial charge in [0.2, 0.25) is 5.91 Å². The zero-order valence-corrected chi connectivity index (χ0v) is 11.9. The number of hydrogen-bond donors (Lipinski definition) is 2. The molecule has 0 unspecified atom stereocenters. The predicted octanol–water partition coefficient (Wildman–Crippen LogP) is 0.769. The van der Waals surface area contributed by atoms with Gasteiger partial charge in [0.1, 0.15) is 0 Å². The van der Waals surface area contributed by atoms with E-state index in [1.807, 2.05) is 0 Å². The lowest BCUT2D eigenvalue weighted by molar-refractivity contribution is -0.121. The Hall–Kier alpha value is -1.33. The molecule has 110 valence electrons. The van der Waals surface area contributed by atoms with Gasteiger partial charge in [0.05, 0.1) is 6.67 Å². The number of amides is 1. The third-order valence-electron chi connectivity index (χ3n) is 3.47. The molecule has 1 aliphatic rings. The van der Waals surface area contributed by atoms with Crippen LogP contribution in [-0.2, 0) is 4.79 Å². The van der Waals surface area contributed by atoms with Gasteiger partial charge in [-0.05, 0) is 25.2 Å². The van der Waals surface area contributed by atoms with Gasteiger partial charge in [-0.15, -0.1) is 0 Å². The first-order chi connectivity index (χ1) is 9.21. The summed E-state index contributed by atoms with van der Waals surface area (Å²) in [6, 6.07) is 0. The Morgan fingerprint density at radius 3 is 2.63 bits per heavy atom. The molecule has 0 spiro atoms. The first kappa shape index (κ1) is 15.7. The molecule has 0 aliphatic carbocycles. The number of carbonyl (C=O) groups is 1. The fourth-order valence-corrected chi connectivity index (χ4v) is 2.31. The molecule has 0 aromatic carbocycles. The Balaban J connectivity index is 2.33. The molecule has 0 atom stereocenters. The summed E-state index contributed by atoms with van der Waals surface area (Å²) in [7, 11) is 3.42. The highest BCUT2D eigenvalue weighted by atomic mass is 19.1. The summed E-state index contributed by atoms with van der Waals surface area (Å²) in [6.07, 6.45) is 3.11. The zero-order valence-electron chi connectivity index (χ0n) is 11.9. The predicted molar refractivity (Wildman–Crippen MR) is 74.9 cm³/mol. The molecule has 1 saturated heterocycles. The molecule has 1 aliphatic heterocycles. The number of nitrogens with zero attached hydrogens (tertiary/aromatic N) is 2. The third-order valence-corrected chi connectivity index (χ3v) is 3.47. The summed E-state index contributed by atoms with van der Waals surface area (Å²) in [4.78, 5) is 17.7. The van der Waals surface area contributed by atoms with Crippen LogP contribution in [0.15, 0.2) is 4.99 Å². The topological polar surface area (TPSA) is 56.7 Å². The second-order valence-electron chi connectivity index (χ2n) is 4.82.